The van der Waals surface area contributed by atoms with Gasteiger partial charge < -0.3 is 20.1 Å². The van der Waals surface area contributed by atoms with E-state index in [2.05, 4.69) is 18.7 Å². The molecule has 1 spiro atoms. The van der Waals surface area contributed by atoms with Crippen LogP contribution in [0.5, 0.6) is 0 Å². The zero-order valence-electron chi connectivity index (χ0n) is 16.8. The van der Waals surface area contributed by atoms with Crippen LogP contribution < -0.4 is 0 Å². The lowest BCUT2D eigenvalue weighted by atomic mass is 9.43. The molecule has 0 radical (unpaired) electrons. The molecule has 5 aliphatic carbocycles. The lowest BCUT2D eigenvalue weighted by Gasteiger charge is -2.68. The van der Waals surface area contributed by atoms with Crippen LogP contribution in [-0.4, -0.2) is 70.4 Å². The first-order valence-electron chi connectivity index (χ1n) is 11.2. The lowest BCUT2D eigenvalue weighted by Crippen LogP contribution is -2.75. The first kappa shape index (κ1) is 17.6. The van der Waals surface area contributed by atoms with Crippen molar-refractivity contribution in [3.8, 4) is 0 Å². The van der Waals surface area contributed by atoms with E-state index >= 15 is 0 Å². The second-order valence-corrected chi connectivity index (χ2v) is 11.1. The normalized spacial score (nSPS) is 66.2. The summed E-state index contributed by atoms with van der Waals surface area (Å²) in [6.45, 7) is 6.74. The maximum atomic E-state index is 12.1. The fourth-order valence-electron chi connectivity index (χ4n) is 10.1. The van der Waals surface area contributed by atoms with E-state index in [-0.39, 0.29) is 52.8 Å². The molecule has 5 saturated carbocycles. The van der Waals surface area contributed by atoms with Crippen molar-refractivity contribution in [1.29, 1.82) is 0 Å². The molecule has 1 heterocycles. The van der Waals surface area contributed by atoms with Crippen LogP contribution in [0.15, 0.2) is 0 Å². The molecule has 7 bridgehead atoms. The van der Waals surface area contributed by atoms with Gasteiger partial charge in [-0.05, 0) is 49.5 Å². The molecule has 1 saturated heterocycles. The van der Waals surface area contributed by atoms with Crippen LogP contribution >= 0.6 is 0 Å². The Bertz CT molecular complexity index is 673. The van der Waals surface area contributed by atoms with Gasteiger partial charge in [0, 0.05) is 49.3 Å². The molecule has 3 unspecified atom stereocenters. The number of ether oxygens (including phenoxy) is 1. The van der Waals surface area contributed by atoms with Crippen LogP contribution in [0.25, 0.3) is 0 Å². The second kappa shape index (κ2) is 5.10. The van der Waals surface area contributed by atoms with Gasteiger partial charge in [-0.25, -0.2) is 0 Å². The molecule has 1 aliphatic heterocycles. The number of aliphatic hydroxyl groups is 3. The number of likely N-dealkylation sites (tertiary alicyclic amines) is 1. The van der Waals surface area contributed by atoms with Crippen LogP contribution in [0.4, 0.5) is 0 Å². The van der Waals surface area contributed by atoms with E-state index in [0.29, 0.717) is 12.3 Å². The van der Waals surface area contributed by atoms with Gasteiger partial charge in [0.2, 0.25) is 0 Å². The third kappa shape index (κ3) is 1.66. The maximum Gasteiger partial charge on any atom is 0.0771 e. The fourth-order valence-corrected chi connectivity index (χ4v) is 10.1. The number of methoxy groups -OCH3 is 1. The minimum atomic E-state index is -0.858. The standard InChI is InChI=1S/C22H35NO4/c1-4-23-10-20(2)6-5-16(24)22-12-7-11-14(27-3)9-21(26,17(12)18(11)25)13(19(22)23)8-15(20)22/h11-19,24-26H,4-10H2,1-3H3/t11-,12+,13?,14-,15+,16-,17+,18-,19?,20-,21-,22?/m0/s1. The van der Waals surface area contributed by atoms with Gasteiger partial charge in [0.25, 0.3) is 0 Å². The van der Waals surface area contributed by atoms with Crippen molar-refractivity contribution in [3.05, 3.63) is 0 Å². The highest BCUT2D eigenvalue weighted by atomic mass is 16.5. The zero-order valence-corrected chi connectivity index (χ0v) is 16.8. The van der Waals surface area contributed by atoms with Crippen molar-refractivity contribution in [2.75, 3.05) is 20.2 Å². The Morgan fingerprint density at radius 1 is 1.19 bits per heavy atom. The number of hydrogen-bond acceptors (Lipinski definition) is 5. The molecule has 0 aromatic heterocycles. The smallest absolute Gasteiger partial charge is 0.0771 e. The van der Waals surface area contributed by atoms with Crippen LogP contribution in [0, 0.1) is 40.4 Å². The second-order valence-electron chi connectivity index (χ2n) is 11.1. The number of hydrogen-bond donors (Lipinski definition) is 3. The molecule has 27 heavy (non-hydrogen) atoms. The largest absolute Gasteiger partial charge is 0.392 e. The van der Waals surface area contributed by atoms with E-state index < -0.39 is 11.7 Å². The van der Waals surface area contributed by atoms with Gasteiger partial charge in [0.05, 0.1) is 23.9 Å². The van der Waals surface area contributed by atoms with Crippen molar-refractivity contribution in [3.63, 3.8) is 0 Å². The number of fused-ring (bicyclic) bond motifs is 2. The number of aliphatic hydroxyl groups excluding tert-OH is 2. The summed E-state index contributed by atoms with van der Waals surface area (Å²) in [5.41, 5.74) is -0.788. The van der Waals surface area contributed by atoms with Crippen molar-refractivity contribution in [1.82, 2.24) is 4.90 Å². The summed E-state index contributed by atoms with van der Waals surface area (Å²) in [6.07, 6.45) is 3.66. The molecule has 6 aliphatic rings. The van der Waals surface area contributed by atoms with Gasteiger partial charge in [-0.15, -0.1) is 0 Å². The molecular weight excluding hydrogens is 342 g/mol. The fraction of sp³-hybridized carbons (Fsp3) is 1.00. The first-order valence-corrected chi connectivity index (χ1v) is 11.2. The monoisotopic (exact) mass is 377 g/mol. The Balaban J connectivity index is 1.59. The van der Waals surface area contributed by atoms with Crippen molar-refractivity contribution in [2.45, 2.75) is 75.9 Å². The highest BCUT2D eigenvalue weighted by Gasteiger charge is 2.82. The molecule has 5 nitrogen and oxygen atoms in total. The van der Waals surface area contributed by atoms with E-state index in [0.717, 1.165) is 38.8 Å². The van der Waals surface area contributed by atoms with E-state index in [1.807, 2.05) is 0 Å². The Morgan fingerprint density at radius 3 is 2.67 bits per heavy atom. The van der Waals surface area contributed by atoms with Gasteiger partial charge >= 0.3 is 0 Å². The Morgan fingerprint density at radius 2 is 1.96 bits per heavy atom. The van der Waals surface area contributed by atoms with Gasteiger partial charge in [0.1, 0.15) is 0 Å². The van der Waals surface area contributed by atoms with E-state index in [1.165, 1.54) is 0 Å². The van der Waals surface area contributed by atoms with Gasteiger partial charge in [-0.2, -0.15) is 0 Å². The predicted molar refractivity (Wildman–Crippen MR) is 99.9 cm³/mol. The number of piperidine rings is 1. The molecule has 152 valence electrons. The average Bonchev–Trinajstić information content (AvgIpc) is 3.07. The van der Waals surface area contributed by atoms with E-state index in [4.69, 9.17) is 4.74 Å². The third-order valence-corrected chi connectivity index (χ3v) is 10.7. The zero-order chi connectivity index (χ0) is 18.9. The predicted octanol–water partition coefficient (Wildman–Crippen LogP) is 1.25. The van der Waals surface area contributed by atoms with Gasteiger partial charge in [-0.3, -0.25) is 4.90 Å². The van der Waals surface area contributed by atoms with E-state index in [9.17, 15) is 15.3 Å². The summed E-state index contributed by atoms with van der Waals surface area (Å²) in [6, 6.07) is 0.253. The average molecular weight is 378 g/mol. The summed E-state index contributed by atoms with van der Waals surface area (Å²) < 4.78 is 5.79. The molecule has 0 aromatic carbocycles. The van der Waals surface area contributed by atoms with Crippen molar-refractivity contribution in [2.24, 2.45) is 40.4 Å². The first-order chi connectivity index (χ1) is 12.8. The minimum absolute atomic E-state index is 0.0657. The van der Waals surface area contributed by atoms with Crippen LogP contribution in [0.1, 0.15) is 46.0 Å². The lowest BCUT2D eigenvalue weighted by molar-refractivity contribution is -0.266. The number of nitrogens with zero attached hydrogens (tertiary/aromatic N) is 1. The summed E-state index contributed by atoms with van der Waals surface area (Å²) in [5, 5.41) is 34.9. The SMILES string of the molecule is CCN1C[C@]2(C)CC[C@H](O)C34C1C(C[C@@H]32)[C@@]1(O)C[C@H](OC)[C@@H]2C[C@@H]4[C@@H]1[C@H]2O. The molecule has 6 rings (SSSR count). The maximum absolute atomic E-state index is 12.1. The molecular formula is C22H35NO4. The topological polar surface area (TPSA) is 73.2 Å². The molecule has 0 aromatic rings. The van der Waals surface area contributed by atoms with E-state index in [1.54, 1.807) is 7.11 Å². The summed E-state index contributed by atoms with van der Waals surface area (Å²) >= 11 is 0. The van der Waals surface area contributed by atoms with Crippen LogP contribution in [0.3, 0.4) is 0 Å². The third-order valence-electron chi connectivity index (χ3n) is 10.7. The number of rotatable bonds is 2. The van der Waals surface area contributed by atoms with Gasteiger partial charge in [0.15, 0.2) is 0 Å². The molecule has 6 fully saturated rings. The minimum Gasteiger partial charge on any atom is -0.392 e. The Hall–Kier alpha value is -0.200. The highest BCUT2D eigenvalue weighted by molar-refractivity contribution is 5.32. The molecule has 3 N–H and O–H groups in total. The quantitative estimate of drug-likeness (QED) is 0.676. The van der Waals surface area contributed by atoms with Crippen molar-refractivity contribution < 1.29 is 20.1 Å². The Labute approximate surface area is 162 Å². The highest BCUT2D eigenvalue weighted by Crippen LogP contribution is 2.78. The summed E-state index contributed by atoms with van der Waals surface area (Å²) in [4.78, 5) is 2.60. The molecule has 12 atom stereocenters. The molecule has 5 heteroatoms. The Kier molecular flexibility index (Phi) is 3.33. The van der Waals surface area contributed by atoms with Crippen LogP contribution in [-0.2, 0) is 4.74 Å². The summed E-state index contributed by atoms with van der Waals surface area (Å²) in [7, 11) is 1.73. The van der Waals surface area contributed by atoms with Crippen LogP contribution in [0.2, 0.25) is 0 Å². The van der Waals surface area contributed by atoms with Crippen molar-refractivity contribution >= 4 is 0 Å². The summed E-state index contributed by atoms with van der Waals surface area (Å²) in [5.74, 6) is 0.840. The van der Waals surface area contributed by atoms with Gasteiger partial charge in [-0.1, -0.05) is 13.8 Å². The molecule has 0 amide bonds.